The van der Waals surface area contributed by atoms with Gasteiger partial charge in [-0.1, -0.05) is 38.2 Å². The maximum absolute atomic E-state index is 13.2. The highest BCUT2D eigenvalue weighted by Crippen LogP contribution is 2.33. The molecule has 0 saturated heterocycles. The third kappa shape index (κ3) is 6.61. The second-order valence-corrected chi connectivity index (χ2v) is 9.50. The van der Waals surface area contributed by atoms with Gasteiger partial charge in [-0.05, 0) is 45.2 Å². The Hall–Kier alpha value is -2.75. The SMILES string of the molecule is CC(C)(C)OC(=O)N[C@H](CC1CCCCC1)C(=O)N[C@@H]1CCOc2cc(C#N)ccc21. The van der Waals surface area contributed by atoms with Gasteiger partial charge in [-0.25, -0.2) is 4.79 Å². The van der Waals surface area contributed by atoms with Gasteiger partial charge in [0.1, 0.15) is 17.4 Å². The van der Waals surface area contributed by atoms with Crippen molar-refractivity contribution >= 4 is 12.0 Å². The van der Waals surface area contributed by atoms with Gasteiger partial charge in [-0.2, -0.15) is 5.26 Å². The van der Waals surface area contributed by atoms with Crippen molar-refractivity contribution in [1.29, 1.82) is 5.26 Å². The molecule has 7 heteroatoms. The largest absolute Gasteiger partial charge is 0.493 e. The molecule has 7 nitrogen and oxygen atoms in total. The topological polar surface area (TPSA) is 100 Å². The Morgan fingerprint density at radius 3 is 2.65 bits per heavy atom. The van der Waals surface area contributed by atoms with Gasteiger partial charge in [0.25, 0.3) is 0 Å². The summed E-state index contributed by atoms with van der Waals surface area (Å²) in [4.78, 5) is 25.7. The minimum absolute atomic E-state index is 0.210. The maximum Gasteiger partial charge on any atom is 0.408 e. The van der Waals surface area contributed by atoms with E-state index < -0.39 is 17.7 Å². The van der Waals surface area contributed by atoms with Crippen LogP contribution in [-0.2, 0) is 9.53 Å². The van der Waals surface area contributed by atoms with E-state index in [9.17, 15) is 9.59 Å². The van der Waals surface area contributed by atoms with Crippen LogP contribution in [-0.4, -0.2) is 30.3 Å². The van der Waals surface area contributed by atoms with E-state index >= 15 is 0 Å². The number of nitrogens with zero attached hydrogens (tertiary/aromatic N) is 1. The van der Waals surface area contributed by atoms with Crippen LogP contribution in [0.25, 0.3) is 0 Å². The van der Waals surface area contributed by atoms with Gasteiger partial charge in [0.15, 0.2) is 0 Å². The molecule has 1 aliphatic carbocycles. The lowest BCUT2D eigenvalue weighted by molar-refractivity contribution is -0.124. The van der Waals surface area contributed by atoms with Crippen molar-refractivity contribution in [3.8, 4) is 11.8 Å². The van der Waals surface area contributed by atoms with E-state index in [4.69, 9.17) is 14.7 Å². The van der Waals surface area contributed by atoms with Crippen LogP contribution in [0.2, 0.25) is 0 Å². The quantitative estimate of drug-likeness (QED) is 0.727. The lowest BCUT2D eigenvalue weighted by Crippen LogP contribution is -2.50. The first-order valence-corrected chi connectivity index (χ1v) is 11.2. The predicted molar refractivity (Wildman–Crippen MR) is 117 cm³/mol. The van der Waals surface area contributed by atoms with Gasteiger partial charge < -0.3 is 20.1 Å². The smallest absolute Gasteiger partial charge is 0.408 e. The molecule has 1 saturated carbocycles. The van der Waals surface area contributed by atoms with Crippen molar-refractivity contribution < 1.29 is 19.1 Å². The monoisotopic (exact) mass is 427 g/mol. The van der Waals surface area contributed by atoms with Crippen LogP contribution in [0.1, 0.15) is 82.9 Å². The average molecular weight is 428 g/mol. The molecule has 1 aromatic rings. The summed E-state index contributed by atoms with van der Waals surface area (Å²) in [5.41, 5.74) is 0.744. The van der Waals surface area contributed by atoms with Gasteiger partial charge >= 0.3 is 6.09 Å². The molecule has 168 valence electrons. The number of rotatable bonds is 5. The number of benzene rings is 1. The summed E-state index contributed by atoms with van der Waals surface area (Å²) in [5, 5.41) is 15.0. The standard InChI is InChI=1S/C24H33N3O4/c1-24(2,3)31-23(29)27-20(13-16-7-5-4-6-8-16)22(28)26-19-11-12-30-21-14-17(15-25)9-10-18(19)21/h9-10,14,16,19-20H,4-8,11-13H2,1-3H3,(H,26,28)(H,27,29)/t19-,20-/m1/s1. The Kier molecular flexibility index (Phi) is 7.42. The summed E-state index contributed by atoms with van der Waals surface area (Å²) in [5.74, 6) is 0.831. The second kappa shape index (κ2) is 10.0. The lowest BCUT2D eigenvalue weighted by Gasteiger charge is -2.31. The fourth-order valence-corrected chi connectivity index (χ4v) is 4.32. The number of nitriles is 1. The molecule has 3 rings (SSSR count). The highest BCUT2D eigenvalue weighted by atomic mass is 16.6. The summed E-state index contributed by atoms with van der Waals surface area (Å²) in [6, 6.07) is 6.49. The minimum Gasteiger partial charge on any atom is -0.493 e. The van der Waals surface area contributed by atoms with E-state index in [1.165, 1.54) is 19.3 Å². The number of alkyl carbamates (subject to hydrolysis) is 1. The van der Waals surface area contributed by atoms with E-state index in [1.54, 1.807) is 32.9 Å². The van der Waals surface area contributed by atoms with E-state index in [0.717, 1.165) is 18.4 Å². The summed E-state index contributed by atoms with van der Waals surface area (Å²) in [7, 11) is 0. The maximum atomic E-state index is 13.2. The van der Waals surface area contributed by atoms with E-state index in [2.05, 4.69) is 16.7 Å². The number of hydrogen-bond donors (Lipinski definition) is 2. The summed E-state index contributed by atoms with van der Waals surface area (Å²) < 4.78 is 11.1. The highest BCUT2D eigenvalue weighted by molar-refractivity contribution is 5.86. The summed E-state index contributed by atoms with van der Waals surface area (Å²) >= 11 is 0. The van der Waals surface area contributed by atoms with Crippen molar-refractivity contribution in [2.45, 2.75) is 83.4 Å². The van der Waals surface area contributed by atoms with Crippen LogP contribution in [0.4, 0.5) is 4.79 Å². The summed E-state index contributed by atoms with van der Waals surface area (Å²) in [6.45, 7) is 5.87. The number of ether oxygens (including phenoxy) is 2. The van der Waals surface area contributed by atoms with Crippen LogP contribution in [0, 0.1) is 17.2 Å². The van der Waals surface area contributed by atoms with E-state index in [1.807, 2.05) is 6.07 Å². The Morgan fingerprint density at radius 1 is 1.23 bits per heavy atom. The van der Waals surface area contributed by atoms with Crippen molar-refractivity contribution in [2.24, 2.45) is 5.92 Å². The van der Waals surface area contributed by atoms with Gasteiger partial charge in [-0.3, -0.25) is 4.79 Å². The van der Waals surface area contributed by atoms with Crippen molar-refractivity contribution in [1.82, 2.24) is 10.6 Å². The molecule has 2 aliphatic rings. The van der Waals surface area contributed by atoms with Gasteiger partial charge in [0.2, 0.25) is 5.91 Å². The van der Waals surface area contributed by atoms with Crippen LogP contribution < -0.4 is 15.4 Å². The Labute approximate surface area is 184 Å². The number of nitrogens with one attached hydrogen (secondary N) is 2. The zero-order valence-corrected chi connectivity index (χ0v) is 18.7. The zero-order chi connectivity index (χ0) is 22.4. The molecule has 1 fully saturated rings. The number of amides is 2. The normalized spacial score (nSPS) is 19.9. The molecule has 2 N–H and O–H groups in total. The summed E-state index contributed by atoms with van der Waals surface area (Å²) in [6.07, 6.45) is 6.39. The van der Waals surface area contributed by atoms with Gasteiger partial charge in [-0.15, -0.1) is 0 Å². The number of carbonyl (C=O) groups is 2. The molecule has 0 bridgehead atoms. The van der Waals surface area contributed by atoms with Crippen LogP contribution in [0.3, 0.4) is 0 Å². The first kappa shape index (κ1) is 22.9. The predicted octanol–water partition coefficient (Wildman–Crippen LogP) is 4.36. The third-order valence-electron chi connectivity index (χ3n) is 5.80. The molecule has 0 aromatic heterocycles. The molecular formula is C24H33N3O4. The van der Waals surface area contributed by atoms with Crippen LogP contribution >= 0.6 is 0 Å². The van der Waals surface area contributed by atoms with Gasteiger partial charge in [0, 0.05) is 12.0 Å². The van der Waals surface area contributed by atoms with Gasteiger partial charge in [0.05, 0.1) is 24.3 Å². The van der Waals surface area contributed by atoms with Crippen LogP contribution in [0.15, 0.2) is 18.2 Å². The fourth-order valence-electron chi connectivity index (χ4n) is 4.32. The number of carbonyl (C=O) groups excluding carboxylic acids is 2. The molecule has 1 aliphatic heterocycles. The van der Waals surface area contributed by atoms with Crippen LogP contribution in [0.5, 0.6) is 5.75 Å². The van der Waals surface area contributed by atoms with Crippen molar-refractivity contribution in [2.75, 3.05) is 6.61 Å². The first-order chi connectivity index (χ1) is 14.7. The first-order valence-electron chi connectivity index (χ1n) is 11.2. The molecule has 31 heavy (non-hydrogen) atoms. The Bertz CT molecular complexity index is 834. The third-order valence-corrected chi connectivity index (χ3v) is 5.80. The fraction of sp³-hybridized carbons (Fsp3) is 0.625. The zero-order valence-electron chi connectivity index (χ0n) is 18.7. The molecule has 1 heterocycles. The molecule has 0 radical (unpaired) electrons. The van der Waals surface area contributed by atoms with Crippen molar-refractivity contribution in [3.05, 3.63) is 29.3 Å². The number of hydrogen-bond acceptors (Lipinski definition) is 5. The Morgan fingerprint density at radius 2 is 1.97 bits per heavy atom. The van der Waals surface area contributed by atoms with Crippen molar-refractivity contribution in [3.63, 3.8) is 0 Å². The van der Waals surface area contributed by atoms with E-state index in [-0.39, 0.29) is 11.9 Å². The molecular weight excluding hydrogens is 394 g/mol. The second-order valence-electron chi connectivity index (χ2n) is 9.50. The Balaban J connectivity index is 1.72. The molecule has 2 amide bonds. The molecule has 0 spiro atoms. The lowest BCUT2D eigenvalue weighted by atomic mass is 9.84. The molecule has 0 unspecified atom stereocenters. The van der Waals surface area contributed by atoms with E-state index in [0.29, 0.717) is 36.7 Å². The number of fused-ring (bicyclic) bond motifs is 1. The molecule has 2 atom stereocenters. The highest BCUT2D eigenvalue weighted by Gasteiger charge is 2.31. The average Bonchev–Trinajstić information content (AvgIpc) is 2.72. The minimum atomic E-state index is -0.650. The molecule has 1 aromatic carbocycles.